The first-order valence-electron chi connectivity index (χ1n) is 7.02. The van der Waals surface area contributed by atoms with Gasteiger partial charge in [-0.25, -0.2) is 14.4 Å². The van der Waals surface area contributed by atoms with Gasteiger partial charge in [-0.2, -0.15) is 0 Å². The van der Waals surface area contributed by atoms with Crippen LogP contribution < -0.4 is 10.6 Å². The standard InChI is InChI=1S/C17H12ClFN4O/c18-13-6-1-2-7-14(13)23-16-10-20-15(9-21-16)17(24)22-12-5-3-4-11(19)8-12/h1-10H,(H,21,23)(H,22,24). The molecule has 0 aliphatic carbocycles. The van der Waals surface area contributed by atoms with E-state index < -0.39 is 11.7 Å². The lowest BCUT2D eigenvalue weighted by Gasteiger charge is -2.08. The molecule has 0 saturated heterocycles. The van der Waals surface area contributed by atoms with E-state index in [-0.39, 0.29) is 5.69 Å². The van der Waals surface area contributed by atoms with Crippen molar-refractivity contribution >= 4 is 34.7 Å². The number of benzene rings is 2. The van der Waals surface area contributed by atoms with Crippen molar-refractivity contribution in [3.63, 3.8) is 0 Å². The van der Waals surface area contributed by atoms with E-state index in [1.54, 1.807) is 18.2 Å². The molecule has 2 N–H and O–H groups in total. The van der Waals surface area contributed by atoms with Crippen LogP contribution in [0.15, 0.2) is 60.9 Å². The Balaban J connectivity index is 1.70. The van der Waals surface area contributed by atoms with Crippen molar-refractivity contribution in [1.82, 2.24) is 9.97 Å². The van der Waals surface area contributed by atoms with E-state index in [9.17, 15) is 9.18 Å². The van der Waals surface area contributed by atoms with Crippen LogP contribution in [0, 0.1) is 5.82 Å². The van der Waals surface area contributed by atoms with Crippen LogP contribution in [0.2, 0.25) is 5.02 Å². The Kier molecular flexibility index (Phi) is 4.67. The van der Waals surface area contributed by atoms with Gasteiger partial charge in [-0.1, -0.05) is 29.8 Å². The molecule has 0 unspecified atom stereocenters. The number of anilines is 3. The molecule has 5 nitrogen and oxygen atoms in total. The van der Waals surface area contributed by atoms with Gasteiger partial charge in [0.15, 0.2) is 0 Å². The summed E-state index contributed by atoms with van der Waals surface area (Å²) in [7, 11) is 0. The Hall–Kier alpha value is -2.99. The van der Waals surface area contributed by atoms with Gasteiger partial charge in [0.1, 0.15) is 17.3 Å². The average Bonchev–Trinajstić information content (AvgIpc) is 2.57. The summed E-state index contributed by atoms with van der Waals surface area (Å²) in [5.74, 6) is -0.457. The summed E-state index contributed by atoms with van der Waals surface area (Å²) in [6, 6.07) is 12.8. The van der Waals surface area contributed by atoms with Gasteiger partial charge < -0.3 is 10.6 Å². The smallest absolute Gasteiger partial charge is 0.275 e. The minimum atomic E-state index is -0.475. The van der Waals surface area contributed by atoms with Gasteiger partial charge in [0.05, 0.1) is 23.1 Å². The molecular formula is C17H12ClFN4O. The van der Waals surface area contributed by atoms with Crippen LogP contribution in [0.4, 0.5) is 21.6 Å². The van der Waals surface area contributed by atoms with E-state index in [0.717, 1.165) is 0 Å². The van der Waals surface area contributed by atoms with E-state index in [2.05, 4.69) is 20.6 Å². The minimum Gasteiger partial charge on any atom is -0.338 e. The zero-order valence-corrected chi connectivity index (χ0v) is 13.1. The number of aromatic nitrogens is 2. The number of halogens is 2. The number of carbonyl (C=O) groups excluding carboxylic acids is 1. The van der Waals surface area contributed by atoms with Crippen LogP contribution >= 0.6 is 11.6 Å². The first-order chi connectivity index (χ1) is 11.6. The zero-order chi connectivity index (χ0) is 16.9. The molecule has 120 valence electrons. The number of hydrogen-bond acceptors (Lipinski definition) is 4. The quantitative estimate of drug-likeness (QED) is 0.743. The maximum Gasteiger partial charge on any atom is 0.275 e. The Morgan fingerprint density at radius 1 is 1.04 bits per heavy atom. The molecule has 1 aromatic heterocycles. The molecule has 2 aromatic carbocycles. The maximum atomic E-state index is 13.1. The molecule has 3 aromatic rings. The average molecular weight is 343 g/mol. The van der Waals surface area contributed by atoms with E-state index in [1.165, 1.54) is 30.6 Å². The lowest BCUT2D eigenvalue weighted by molar-refractivity contribution is 0.102. The highest BCUT2D eigenvalue weighted by Crippen LogP contribution is 2.23. The van der Waals surface area contributed by atoms with Crippen molar-refractivity contribution in [2.45, 2.75) is 0 Å². The summed E-state index contributed by atoms with van der Waals surface area (Å²) in [5, 5.41) is 6.11. The van der Waals surface area contributed by atoms with Crippen molar-refractivity contribution in [3.05, 3.63) is 77.5 Å². The fraction of sp³-hybridized carbons (Fsp3) is 0. The highest BCUT2D eigenvalue weighted by atomic mass is 35.5. The third-order valence-electron chi connectivity index (χ3n) is 3.10. The van der Waals surface area contributed by atoms with Crippen molar-refractivity contribution in [2.75, 3.05) is 10.6 Å². The van der Waals surface area contributed by atoms with Gasteiger partial charge in [0, 0.05) is 5.69 Å². The van der Waals surface area contributed by atoms with Crippen LogP contribution in [0.5, 0.6) is 0 Å². The van der Waals surface area contributed by atoms with Gasteiger partial charge in [-0.3, -0.25) is 4.79 Å². The second-order valence-corrected chi connectivity index (χ2v) is 5.26. The predicted molar refractivity (Wildman–Crippen MR) is 91.1 cm³/mol. The summed E-state index contributed by atoms with van der Waals surface area (Å²) in [6.07, 6.45) is 2.75. The number of hydrogen-bond donors (Lipinski definition) is 2. The van der Waals surface area contributed by atoms with Crippen LogP contribution in [0.25, 0.3) is 0 Å². The van der Waals surface area contributed by atoms with E-state index in [4.69, 9.17) is 11.6 Å². The Morgan fingerprint density at radius 2 is 1.88 bits per heavy atom. The van der Waals surface area contributed by atoms with E-state index in [1.807, 2.05) is 12.1 Å². The highest BCUT2D eigenvalue weighted by Gasteiger charge is 2.09. The van der Waals surface area contributed by atoms with Crippen molar-refractivity contribution < 1.29 is 9.18 Å². The predicted octanol–water partition coefficient (Wildman–Crippen LogP) is 4.27. The Morgan fingerprint density at radius 3 is 2.58 bits per heavy atom. The number of nitrogens with one attached hydrogen (secondary N) is 2. The Bertz CT molecular complexity index is 870. The fourth-order valence-electron chi connectivity index (χ4n) is 1.97. The largest absolute Gasteiger partial charge is 0.338 e. The molecule has 0 fully saturated rings. The van der Waals surface area contributed by atoms with Gasteiger partial charge in [-0.05, 0) is 30.3 Å². The molecule has 24 heavy (non-hydrogen) atoms. The molecule has 3 rings (SSSR count). The first kappa shape index (κ1) is 15.9. The third-order valence-corrected chi connectivity index (χ3v) is 3.43. The van der Waals surface area contributed by atoms with Gasteiger partial charge in [-0.15, -0.1) is 0 Å². The molecule has 7 heteroatoms. The second-order valence-electron chi connectivity index (χ2n) is 4.86. The van der Waals surface area contributed by atoms with Gasteiger partial charge in [0.25, 0.3) is 5.91 Å². The minimum absolute atomic E-state index is 0.115. The van der Waals surface area contributed by atoms with Crippen molar-refractivity contribution in [3.8, 4) is 0 Å². The summed E-state index contributed by atoms with van der Waals surface area (Å²) in [5.41, 5.74) is 1.15. The van der Waals surface area contributed by atoms with E-state index in [0.29, 0.717) is 22.2 Å². The topological polar surface area (TPSA) is 66.9 Å². The summed E-state index contributed by atoms with van der Waals surface area (Å²) in [4.78, 5) is 20.2. The Labute approximate surface area is 142 Å². The molecule has 0 aliphatic rings. The monoisotopic (exact) mass is 342 g/mol. The molecule has 1 heterocycles. The summed E-state index contributed by atoms with van der Waals surface area (Å²) in [6.45, 7) is 0. The normalized spacial score (nSPS) is 10.2. The van der Waals surface area contributed by atoms with Crippen LogP contribution in [0.3, 0.4) is 0 Å². The molecule has 0 atom stereocenters. The third kappa shape index (κ3) is 3.85. The summed E-state index contributed by atoms with van der Waals surface area (Å²) >= 11 is 6.05. The number of rotatable bonds is 4. The fourth-order valence-corrected chi connectivity index (χ4v) is 2.15. The van der Waals surface area contributed by atoms with Crippen LogP contribution in [-0.4, -0.2) is 15.9 Å². The molecule has 0 aliphatic heterocycles. The van der Waals surface area contributed by atoms with E-state index >= 15 is 0 Å². The highest BCUT2D eigenvalue weighted by molar-refractivity contribution is 6.33. The number of nitrogens with zero attached hydrogens (tertiary/aromatic N) is 2. The van der Waals surface area contributed by atoms with Crippen molar-refractivity contribution in [2.24, 2.45) is 0 Å². The van der Waals surface area contributed by atoms with Gasteiger partial charge >= 0.3 is 0 Å². The second kappa shape index (κ2) is 7.06. The lowest BCUT2D eigenvalue weighted by atomic mass is 10.3. The first-order valence-corrected chi connectivity index (χ1v) is 7.40. The lowest BCUT2D eigenvalue weighted by Crippen LogP contribution is -2.14. The molecule has 1 amide bonds. The number of para-hydroxylation sites is 1. The number of carbonyl (C=O) groups is 1. The summed E-state index contributed by atoms with van der Waals surface area (Å²) < 4.78 is 13.1. The molecule has 0 bridgehead atoms. The molecule has 0 spiro atoms. The molecular weight excluding hydrogens is 331 g/mol. The molecule has 0 saturated carbocycles. The van der Waals surface area contributed by atoms with Crippen molar-refractivity contribution in [1.29, 1.82) is 0 Å². The maximum absolute atomic E-state index is 13.1. The van der Waals surface area contributed by atoms with Crippen LogP contribution in [-0.2, 0) is 0 Å². The van der Waals surface area contributed by atoms with Gasteiger partial charge in [0.2, 0.25) is 0 Å². The number of amides is 1. The SMILES string of the molecule is O=C(Nc1cccc(F)c1)c1cnc(Nc2ccccc2Cl)cn1. The van der Waals surface area contributed by atoms with Crippen LogP contribution in [0.1, 0.15) is 10.5 Å². The zero-order valence-electron chi connectivity index (χ0n) is 12.3. The molecule has 0 radical (unpaired) electrons.